The zero-order valence-electron chi connectivity index (χ0n) is 21.9. The maximum Gasteiger partial charge on any atom is 0.407 e. The van der Waals surface area contributed by atoms with E-state index in [0.29, 0.717) is 24.6 Å². The fourth-order valence-corrected chi connectivity index (χ4v) is 4.79. The number of oxazole rings is 1. The average molecular weight is 533 g/mol. The van der Waals surface area contributed by atoms with Crippen LogP contribution < -0.4 is 5.32 Å². The average Bonchev–Trinajstić information content (AvgIpc) is 3.50. The van der Waals surface area contributed by atoms with E-state index in [-0.39, 0.29) is 31.3 Å². The summed E-state index contributed by atoms with van der Waals surface area (Å²) in [6, 6.07) is 8.23. The number of nitrogens with zero attached hydrogens (tertiary/aromatic N) is 3. The highest BCUT2D eigenvalue weighted by molar-refractivity contribution is 5.80. The van der Waals surface area contributed by atoms with Crippen LogP contribution in [0.5, 0.6) is 0 Å². The normalized spacial score (nSPS) is 20.3. The highest BCUT2D eigenvalue weighted by atomic mass is 19.3. The van der Waals surface area contributed by atoms with Crippen LogP contribution in [0.3, 0.4) is 0 Å². The van der Waals surface area contributed by atoms with Gasteiger partial charge in [-0.25, -0.2) is 18.6 Å². The molecule has 2 saturated heterocycles. The van der Waals surface area contributed by atoms with Crippen LogP contribution in [0.2, 0.25) is 0 Å². The number of nitrogens with one attached hydrogen (secondary N) is 1. The zero-order chi connectivity index (χ0) is 27.5. The van der Waals surface area contributed by atoms with E-state index in [4.69, 9.17) is 9.15 Å². The fourth-order valence-electron chi connectivity index (χ4n) is 4.79. The molecular formula is C27H34F2N4O5. The molecule has 2 fully saturated rings. The molecule has 1 aromatic heterocycles. The van der Waals surface area contributed by atoms with Crippen molar-refractivity contribution in [3.05, 3.63) is 42.5 Å². The molecule has 4 rings (SSSR count). The number of amides is 3. The molecule has 1 aromatic carbocycles. The lowest BCUT2D eigenvalue weighted by Crippen LogP contribution is -2.53. The third-order valence-electron chi connectivity index (χ3n) is 6.51. The Balaban J connectivity index is 1.48. The number of ether oxygens (including phenoxy) is 1. The second kappa shape index (κ2) is 11.1. The van der Waals surface area contributed by atoms with Crippen LogP contribution in [0.15, 0.2) is 41.0 Å². The molecule has 0 spiro atoms. The third-order valence-corrected chi connectivity index (χ3v) is 6.51. The van der Waals surface area contributed by atoms with Crippen molar-refractivity contribution in [1.29, 1.82) is 0 Å². The molecule has 11 heteroatoms. The van der Waals surface area contributed by atoms with Crippen molar-refractivity contribution in [1.82, 2.24) is 20.1 Å². The van der Waals surface area contributed by atoms with Crippen molar-refractivity contribution in [3.8, 4) is 11.3 Å². The summed E-state index contributed by atoms with van der Waals surface area (Å²) in [5.74, 6) is -3.34. The molecule has 2 aliphatic heterocycles. The molecule has 0 aliphatic carbocycles. The minimum absolute atomic E-state index is 0.197. The van der Waals surface area contributed by atoms with Gasteiger partial charge in [-0.05, 0) is 33.6 Å². The Labute approximate surface area is 220 Å². The molecule has 9 nitrogen and oxygen atoms in total. The number of piperidine rings is 1. The number of carbonyl (C=O) groups is 3. The highest BCUT2D eigenvalue weighted by Gasteiger charge is 2.41. The molecule has 0 radical (unpaired) electrons. The maximum atomic E-state index is 14.0. The maximum absolute atomic E-state index is 14.0. The Morgan fingerprint density at radius 3 is 2.71 bits per heavy atom. The van der Waals surface area contributed by atoms with Gasteiger partial charge in [0.2, 0.25) is 17.7 Å². The largest absolute Gasteiger partial charge is 0.446 e. The first kappa shape index (κ1) is 27.5. The number of halogens is 2. The minimum atomic E-state index is -3.02. The van der Waals surface area contributed by atoms with E-state index >= 15 is 0 Å². The monoisotopic (exact) mass is 532 g/mol. The van der Waals surface area contributed by atoms with Crippen LogP contribution in [0, 0.1) is 0 Å². The summed E-state index contributed by atoms with van der Waals surface area (Å²) in [5.41, 5.74) is 0.755. The van der Waals surface area contributed by atoms with Gasteiger partial charge in [0.25, 0.3) is 5.92 Å². The Morgan fingerprint density at radius 1 is 1.26 bits per heavy atom. The number of alkyl carbamates (subject to hydrolysis) is 1. The number of hydrogen-bond acceptors (Lipinski definition) is 6. The molecule has 3 amide bonds. The Kier molecular flexibility index (Phi) is 8.03. The molecule has 2 atom stereocenters. The summed E-state index contributed by atoms with van der Waals surface area (Å²) >= 11 is 0. The van der Waals surface area contributed by atoms with Gasteiger partial charge in [-0.3, -0.25) is 9.59 Å². The van der Waals surface area contributed by atoms with Crippen molar-refractivity contribution in [2.45, 2.75) is 76.5 Å². The molecule has 38 heavy (non-hydrogen) atoms. The lowest BCUT2D eigenvalue weighted by atomic mass is 10.0. The molecular weight excluding hydrogens is 498 g/mol. The summed E-state index contributed by atoms with van der Waals surface area (Å²) in [5, 5.41) is 2.62. The number of alkyl halides is 2. The van der Waals surface area contributed by atoms with Crippen LogP contribution in [-0.2, 0) is 14.3 Å². The standard InChI is InChI=1S/C27H34F2N4O5/c1-26(2,3)38-25(36)30-19(15-32-17-27(28,29)12-11-22(32)34)14-23(35)33-13-7-10-21(33)24-31-20(16-37-24)18-8-5-4-6-9-18/h4-6,8-9,16,19,21H,7,10-15,17H2,1-3H3,(H,30,36)/t19-,21-/m0/s1. The van der Waals surface area contributed by atoms with E-state index in [1.54, 1.807) is 31.9 Å². The van der Waals surface area contributed by atoms with Gasteiger partial charge in [0.05, 0.1) is 12.6 Å². The Morgan fingerprint density at radius 2 is 2.00 bits per heavy atom. The number of aromatic nitrogens is 1. The summed E-state index contributed by atoms with van der Waals surface area (Å²) in [4.78, 5) is 45.6. The number of hydrogen-bond donors (Lipinski definition) is 1. The lowest BCUT2D eigenvalue weighted by Gasteiger charge is -2.35. The van der Waals surface area contributed by atoms with Crippen molar-refractivity contribution in [3.63, 3.8) is 0 Å². The molecule has 0 saturated carbocycles. The van der Waals surface area contributed by atoms with Crippen molar-refractivity contribution < 1.29 is 32.3 Å². The lowest BCUT2D eigenvalue weighted by molar-refractivity contribution is -0.148. The first-order valence-corrected chi connectivity index (χ1v) is 12.9. The second-order valence-electron chi connectivity index (χ2n) is 10.9. The van der Waals surface area contributed by atoms with Crippen molar-refractivity contribution in [2.75, 3.05) is 19.6 Å². The van der Waals surface area contributed by atoms with Gasteiger partial charge in [0, 0.05) is 37.9 Å². The van der Waals surface area contributed by atoms with Gasteiger partial charge in [-0.15, -0.1) is 0 Å². The van der Waals surface area contributed by atoms with E-state index in [2.05, 4.69) is 10.3 Å². The van der Waals surface area contributed by atoms with Gasteiger partial charge in [-0.1, -0.05) is 30.3 Å². The fraction of sp³-hybridized carbons (Fsp3) is 0.556. The topological polar surface area (TPSA) is 105 Å². The van der Waals surface area contributed by atoms with Gasteiger partial charge in [0.1, 0.15) is 23.6 Å². The quantitative estimate of drug-likeness (QED) is 0.561. The highest BCUT2D eigenvalue weighted by Crippen LogP contribution is 2.34. The summed E-state index contributed by atoms with van der Waals surface area (Å²) < 4.78 is 39.1. The van der Waals surface area contributed by atoms with Gasteiger partial charge in [0.15, 0.2) is 0 Å². The minimum Gasteiger partial charge on any atom is -0.446 e. The van der Waals surface area contributed by atoms with E-state index in [0.717, 1.165) is 16.9 Å². The van der Waals surface area contributed by atoms with Crippen LogP contribution in [-0.4, -0.2) is 69.9 Å². The van der Waals surface area contributed by atoms with E-state index in [9.17, 15) is 23.2 Å². The second-order valence-corrected chi connectivity index (χ2v) is 10.9. The SMILES string of the molecule is CC(C)(C)OC(=O)N[C@@H](CC(=O)N1CCC[C@H]1c1nc(-c2ccccc2)co1)CN1CC(F)(F)CCC1=O. The number of rotatable bonds is 7. The summed E-state index contributed by atoms with van der Waals surface area (Å²) in [7, 11) is 0. The molecule has 3 heterocycles. The first-order chi connectivity index (χ1) is 17.9. The van der Waals surface area contributed by atoms with Crippen LogP contribution >= 0.6 is 0 Å². The van der Waals surface area contributed by atoms with Crippen LogP contribution in [0.1, 0.15) is 64.8 Å². The molecule has 1 N–H and O–H groups in total. The van der Waals surface area contributed by atoms with Gasteiger partial charge < -0.3 is 24.3 Å². The van der Waals surface area contributed by atoms with E-state index in [1.807, 2.05) is 30.3 Å². The number of benzene rings is 1. The predicted molar refractivity (Wildman–Crippen MR) is 134 cm³/mol. The number of likely N-dealkylation sites (tertiary alicyclic amines) is 2. The van der Waals surface area contributed by atoms with E-state index in [1.165, 1.54) is 0 Å². The number of carbonyl (C=O) groups excluding carboxylic acids is 3. The zero-order valence-corrected chi connectivity index (χ0v) is 21.9. The van der Waals surface area contributed by atoms with Crippen LogP contribution in [0.4, 0.5) is 13.6 Å². The van der Waals surface area contributed by atoms with Crippen molar-refractivity contribution >= 4 is 17.9 Å². The molecule has 0 bridgehead atoms. The predicted octanol–water partition coefficient (Wildman–Crippen LogP) is 4.55. The van der Waals surface area contributed by atoms with E-state index < -0.39 is 42.5 Å². The third kappa shape index (κ3) is 7.08. The summed E-state index contributed by atoms with van der Waals surface area (Å²) in [6.07, 6.45) is 1.16. The smallest absolute Gasteiger partial charge is 0.407 e. The molecule has 2 aromatic rings. The Bertz CT molecular complexity index is 1150. The van der Waals surface area contributed by atoms with Crippen molar-refractivity contribution in [2.24, 2.45) is 0 Å². The first-order valence-electron chi connectivity index (χ1n) is 12.9. The molecule has 2 aliphatic rings. The Hall–Kier alpha value is -3.50. The van der Waals surface area contributed by atoms with Crippen LogP contribution in [0.25, 0.3) is 11.3 Å². The molecule has 206 valence electrons. The van der Waals surface area contributed by atoms with Gasteiger partial charge >= 0.3 is 6.09 Å². The molecule has 0 unspecified atom stereocenters. The summed E-state index contributed by atoms with van der Waals surface area (Å²) in [6.45, 7) is 4.56. The van der Waals surface area contributed by atoms with Gasteiger partial charge in [-0.2, -0.15) is 0 Å².